The van der Waals surface area contributed by atoms with Crippen LogP contribution in [0, 0.1) is 11.6 Å². The Hall–Kier alpha value is -4.07. The van der Waals surface area contributed by atoms with E-state index in [0.29, 0.717) is 11.3 Å². The molecule has 0 spiro atoms. The summed E-state index contributed by atoms with van der Waals surface area (Å²) >= 11 is 0. The molecule has 29 heavy (non-hydrogen) atoms. The molecule has 0 bridgehead atoms. The highest BCUT2D eigenvalue weighted by atomic mass is 19.1. The molecule has 0 radical (unpaired) electrons. The molecule has 0 aliphatic rings. The van der Waals surface area contributed by atoms with Gasteiger partial charge in [0.25, 0.3) is 5.89 Å². The number of benzene rings is 3. The monoisotopic (exact) mass is 392 g/mol. The standard InChI is InChI=1S/C21H14F2N4O2/c22-14-7-4-8-15(11-14)24-21(28)25-16-9-10-18(23)17(12-16)20-27-26-19(29-20)13-5-2-1-3-6-13/h1-12H,(H2,24,25,28). The van der Waals surface area contributed by atoms with Gasteiger partial charge in [-0.05, 0) is 48.5 Å². The smallest absolute Gasteiger partial charge is 0.323 e. The number of carbonyl (C=O) groups is 1. The van der Waals surface area contributed by atoms with Gasteiger partial charge in [-0.2, -0.15) is 0 Å². The molecule has 4 aromatic rings. The maximum Gasteiger partial charge on any atom is 0.323 e. The number of aromatic nitrogens is 2. The molecule has 2 N–H and O–H groups in total. The third-order valence-electron chi connectivity index (χ3n) is 3.98. The Morgan fingerprint density at radius 2 is 1.52 bits per heavy atom. The van der Waals surface area contributed by atoms with Gasteiger partial charge in [-0.15, -0.1) is 10.2 Å². The van der Waals surface area contributed by atoms with E-state index in [9.17, 15) is 13.6 Å². The summed E-state index contributed by atoms with van der Waals surface area (Å²) in [6.45, 7) is 0. The van der Waals surface area contributed by atoms with Gasteiger partial charge in [0.1, 0.15) is 11.6 Å². The van der Waals surface area contributed by atoms with Gasteiger partial charge in [-0.3, -0.25) is 0 Å². The van der Waals surface area contributed by atoms with Crippen molar-refractivity contribution in [3.8, 4) is 22.9 Å². The molecular weight excluding hydrogens is 378 g/mol. The molecule has 0 atom stereocenters. The number of nitrogens with one attached hydrogen (secondary N) is 2. The first-order chi connectivity index (χ1) is 14.1. The summed E-state index contributed by atoms with van der Waals surface area (Å²) in [4.78, 5) is 12.1. The van der Waals surface area contributed by atoms with E-state index in [1.807, 2.05) is 18.2 Å². The molecule has 0 unspecified atom stereocenters. The second-order valence-electron chi connectivity index (χ2n) is 6.06. The zero-order valence-corrected chi connectivity index (χ0v) is 14.9. The average Bonchev–Trinajstić information content (AvgIpc) is 3.20. The normalized spacial score (nSPS) is 10.6. The summed E-state index contributed by atoms with van der Waals surface area (Å²) in [6, 6.07) is 17.9. The molecule has 0 fully saturated rings. The molecule has 4 rings (SSSR count). The molecule has 144 valence electrons. The van der Waals surface area contributed by atoms with Crippen molar-refractivity contribution in [1.82, 2.24) is 10.2 Å². The Bertz CT molecular complexity index is 1160. The summed E-state index contributed by atoms with van der Waals surface area (Å²) in [5, 5.41) is 12.9. The maximum absolute atomic E-state index is 14.3. The van der Waals surface area contributed by atoms with Crippen molar-refractivity contribution in [2.75, 3.05) is 10.6 Å². The van der Waals surface area contributed by atoms with Crippen LogP contribution in [0.15, 0.2) is 77.2 Å². The van der Waals surface area contributed by atoms with Crippen LogP contribution in [0.1, 0.15) is 0 Å². The second kappa shape index (κ2) is 7.89. The van der Waals surface area contributed by atoms with Crippen molar-refractivity contribution in [1.29, 1.82) is 0 Å². The van der Waals surface area contributed by atoms with E-state index in [4.69, 9.17) is 4.42 Å². The van der Waals surface area contributed by atoms with Crippen LogP contribution in [-0.2, 0) is 0 Å². The first-order valence-electron chi connectivity index (χ1n) is 8.61. The molecule has 0 saturated carbocycles. The minimum Gasteiger partial charge on any atom is -0.416 e. The fraction of sp³-hybridized carbons (Fsp3) is 0. The van der Waals surface area contributed by atoms with E-state index in [2.05, 4.69) is 20.8 Å². The summed E-state index contributed by atoms with van der Waals surface area (Å²) in [5.41, 5.74) is 1.34. The average molecular weight is 392 g/mol. The summed E-state index contributed by atoms with van der Waals surface area (Å²) in [5.74, 6) is -0.820. The van der Waals surface area contributed by atoms with Crippen molar-refractivity contribution in [2.24, 2.45) is 0 Å². The van der Waals surface area contributed by atoms with Crippen molar-refractivity contribution in [3.05, 3.63) is 84.4 Å². The van der Waals surface area contributed by atoms with E-state index in [0.717, 1.165) is 0 Å². The lowest BCUT2D eigenvalue weighted by atomic mass is 10.2. The highest BCUT2D eigenvalue weighted by molar-refractivity contribution is 6.00. The molecule has 3 aromatic carbocycles. The molecule has 0 saturated heterocycles. The lowest BCUT2D eigenvalue weighted by Crippen LogP contribution is -2.19. The minimum atomic E-state index is -0.608. The van der Waals surface area contributed by atoms with Gasteiger partial charge in [0.05, 0.1) is 5.56 Å². The van der Waals surface area contributed by atoms with E-state index < -0.39 is 17.7 Å². The molecule has 1 aromatic heterocycles. The predicted molar refractivity (Wildman–Crippen MR) is 104 cm³/mol. The molecule has 8 heteroatoms. The number of anilines is 2. The van der Waals surface area contributed by atoms with Crippen LogP contribution < -0.4 is 10.6 Å². The van der Waals surface area contributed by atoms with Crippen LogP contribution >= 0.6 is 0 Å². The Morgan fingerprint density at radius 3 is 2.28 bits per heavy atom. The number of amides is 2. The van der Waals surface area contributed by atoms with Gasteiger partial charge in [0, 0.05) is 16.9 Å². The van der Waals surface area contributed by atoms with Crippen LogP contribution in [0.4, 0.5) is 25.0 Å². The van der Waals surface area contributed by atoms with Gasteiger partial charge in [0.2, 0.25) is 5.89 Å². The van der Waals surface area contributed by atoms with Crippen LogP contribution in [-0.4, -0.2) is 16.2 Å². The third-order valence-corrected chi connectivity index (χ3v) is 3.98. The first kappa shape index (κ1) is 18.3. The number of hydrogen-bond donors (Lipinski definition) is 2. The molecule has 0 aliphatic heterocycles. The number of nitrogens with zero attached hydrogens (tertiary/aromatic N) is 2. The van der Waals surface area contributed by atoms with Crippen molar-refractivity contribution >= 4 is 17.4 Å². The van der Waals surface area contributed by atoms with Crippen LogP contribution in [0.3, 0.4) is 0 Å². The predicted octanol–water partition coefficient (Wildman–Crippen LogP) is 5.33. The van der Waals surface area contributed by atoms with Crippen molar-refractivity contribution in [3.63, 3.8) is 0 Å². The fourth-order valence-corrected chi connectivity index (χ4v) is 2.66. The zero-order chi connectivity index (χ0) is 20.2. The summed E-state index contributed by atoms with van der Waals surface area (Å²) < 4.78 is 33.1. The van der Waals surface area contributed by atoms with Crippen LogP contribution in [0.2, 0.25) is 0 Å². The Balaban J connectivity index is 1.53. The maximum atomic E-state index is 14.3. The largest absolute Gasteiger partial charge is 0.416 e. The minimum absolute atomic E-state index is 0.0180. The van der Waals surface area contributed by atoms with Gasteiger partial charge in [-0.25, -0.2) is 13.6 Å². The van der Waals surface area contributed by atoms with Gasteiger partial charge >= 0.3 is 6.03 Å². The lowest BCUT2D eigenvalue weighted by Gasteiger charge is -2.09. The summed E-state index contributed by atoms with van der Waals surface area (Å²) in [6.07, 6.45) is 0. The van der Waals surface area contributed by atoms with E-state index in [1.54, 1.807) is 18.2 Å². The molecular formula is C21H14F2N4O2. The number of carbonyl (C=O) groups excluding carboxylic acids is 1. The van der Waals surface area contributed by atoms with Crippen LogP contribution in [0.25, 0.3) is 22.9 Å². The molecule has 0 aliphatic carbocycles. The van der Waals surface area contributed by atoms with Crippen molar-refractivity contribution in [2.45, 2.75) is 0 Å². The highest BCUT2D eigenvalue weighted by Crippen LogP contribution is 2.28. The Labute approximate surface area is 164 Å². The number of halogens is 2. The lowest BCUT2D eigenvalue weighted by molar-refractivity contribution is 0.262. The van der Waals surface area contributed by atoms with E-state index in [1.165, 1.54) is 36.4 Å². The van der Waals surface area contributed by atoms with Crippen LogP contribution in [0.5, 0.6) is 0 Å². The Kier molecular flexibility index (Phi) is 4.98. The van der Waals surface area contributed by atoms with Gasteiger partial charge in [-0.1, -0.05) is 24.3 Å². The fourth-order valence-electron chi connectivity index (χ4n) is 2.66. The van der Waals surface area contributed by atoms with Crippen molar-refractivity contribution < 1.29 is 18.0 Å². The zero-order valence-electron chi connectivity index (χ0n) is 14.9. The number of urea groups is 1. The second-order valence-corrected chi connectivity index (χ2v) is 6.06. The number of hydrogen-bond acceptors (Lipinski definition) is 4. The molecule has 6 nitrogen and oxygen atoms in total. The van der Waals surface area contributed by atoms with Gasteiger partial charge < -0.3 is 15.1 Å². The number of rotatable bonds is 4. The van der Waals surface area contributed by atoms with Gasteiger partial charge in [0.15, 0.2) is 0 Å². The molecule has 1 heterocycles. The molecule has 2 amide bonds. The SMILES string of the molecule is O=C(Nc1cccc(F)c1)Nc1ccc(F)c(-c2nnc(-c3ccccc3)o2)c1. The Morgan fingerprint density at radius 1 is 0.793 bits per heavy atom. The third kappa shape index (κ3) is 4.27. The van der Waals surface area contributed by atoms with E-state index >= 15 is 0 Å². The quantitative estimate of drug-likeness (QED) is 0.492. The summed E-state index contributed by atoms with van der Waals surface area (Å²) in [7, 11) is 0. The first-order valence-corrected chi connectivity index (χ1v) is 8.61. The highest BCUT2D eigenvalue weighted by Gasteiger charge is 2.15. The topological polar surface area (TPSA) is 80.0 Å². The van der Waals surface area contributed by atoms with E-state index in [-0.39, 0.29) is 23.0 Å².